The SMILES string of the molecule is CCC[C@@H](N)c1cc(F)ccc1OC. The average Bonchev–Trinajstić information content (AvgIpc) is 2.18. The summed E-state index contributed by atoms with van der Waals surface area (Å²) in [6.45, 7) is 2.05. The number of rotatable bonds is 4. The first-order chi connectivity index (χ1) is 6.69. The molecule has 0 fully saturated rings. The molecule has 0 heterocycles. The van der Waals surface area contributed by atoms with Gasteiger partial charge in [-0.05, 0) is 24.6 Å². The Kier molecular flexibility index (Phi) is 3.89. The van der Waals surface area contributed by atoms with Gasteiger partial charge in [-0.1, -0.05) is 13.3 Å². The molecule has 1 aromatic carbocycles. The van der Waals surface area contributed by atoms with Crippen molar-refractivity contribution in [2.75, 3.05) is 7.11 Å². The van der Waals surface area contributed by atoms with Crippen molar-refractivity contribution in [2.45, 2.75) is 25.8 Å². The fourth-order valence-electron chi connectivity index (χ4n) is 1.46. The van der Waals surface area contributed by atoms with Crippen LogP contribution in [-0.4, -0.2) is 7.11 Å². The zero-order chi connectivity index (χ0) is 10.6. The van der Waals surface area contributed by atoms with Crippen LogP contribution in [0, 0.1) is 5.82 Å². The van der Waals surface area contributed by atoms with Crippen LogP contribution >= 0.6 is 0 Å². The van der Waals surface area contributed by atoms with Gasteiger partial charge in [-0.15, -0.1) is 0 Å². The molecule has 14 heavy (non-hydrogen) atoms. The zero-order valence-electron chi connectivity index (χ0n) is 8.59. The van der Waals surface area contributed by atoms with Crippen molar-refractivity contribution in [3.63, 3.8) is 0 Å². The van der Waals surface area contributed by atoms with Crippen LogP contribution in [0.5, 0.6) is 5.75 Å². The second kappa shape index (κ2) is 4.96. The van der Waals surface area contributed by atoms with Gasteiger partial charge in [0.1, 0.15) is 11.6 Å². The number of halogens is 1. The van der Waals surface area contributed by atoms with E-state index in [2.05, 4.69) is 0 Å². The monoisotopic (exact) mass is 197 g/mol. The second-order valence-electron chi connectivity index (χ2n) is 3.28. The lowest BCUT2D eigenvalue weighted by molar-refractivity contribution is 0.402. The van der Waals surface area contributed by atoms with E-state index >= 15 is 0 Å². The molecule has 1 aromatic rings. The van der Waals surface area contributed by atoms with E-state index in [-0.39, 0.29) is 11.9 Å². The zero-order valence-corrected chi connectivity index (χ0v) is 8.59. The first kappa shape index (κ1) is 11.0. The summed E-state index contributed by atoms with van der Waals surface area (Å²) in [7, 11) is 1.56. The molecule has 0 amide bonds. The van der Waals surface area contributed by atoms with Gasteiger partial charge in [0, 0.05) is 11.6 Å². The molecule has 0 aliphatic heterocycles. The molecule has 1 rings (SSSR count). The maximum Gasteiger partial charge on any atom is 0.123 e. The van der Waals surface area contributed by atoms with E-state index in [9.17, 15) is 4.39 Å². The summed E-state index contributed by atoms with van der Waals surface area (Å²) in [4.78, 5) is 0. The van der Waals surface area contributed by atoms with Gasteiger partial charge in [-0.2, -0.15) is 0 Å². The standard InChI is InChI=1S/C11H16FNO/c1-3-4-10(13)9-7-8(12)5-6-11(9)14-2/h5-7,10H,3-4,13H2,1-2H3/t10-/m1/s1. The van der Waals surface area contributed by atoms with Crippen molar-refractivity contribution >= 4 is 0 Å². The van der Waals surface area contributed by atoms with E-state index in [0.717, 1.165) is 18.4 Å². The van der Waals surface area contributed by atoms with Crippen molar-refractivity contribution in [3.05, 3.63) is 29.6 Å². The van der Waals surface area contributed by atoms with Crippen LogP contribution in [0.1, 0.15) is 31.4 Å². The number of nitrogens with two attached hydrogens (primary N) is 1. The third-order valence-corrected chi connectivity index (χ3v) is 2.19. The fourth-order valence-corrected chi connectivity index (χ4v) is 1.46. The second-order valence-corrected chi connectivity index (χ2v) is 3.28. The summed E-state index contributed by atoms with van der Waals surface area (Å²) >= 11 is 0. The minimum Gasteiger partial charge on any atom is -0.496 e. The molecule has 0 aromatic heterocycles. The van der Waals surface area contributed by atoms with Crippen molar-refractivity contribution in [2.24, 2.45) is 5.73 Å². The van der Waals surface area contributed by atoms with Crippen LogP contribution in [0.4, 0.5) is 4.39 Å². The highest BCUT2D eigenvalue weighted by Crippen LogP contribution is 2.26. The van der Waals surface area contributed by atoms with Crippen LogP contribution in [0.25, 0.3) is 0 Å². The highest BCUT2D eigenvalue weighted by atomic mass is 19.1. The topological polar surface area (TPSA) is 35.2 Å². The molecule has 3 heteroatoms. The number of benzene rings is 1. The Balaban J connectivity index is 2.97. The third kappa shape index (κ3) is 2.45. The van der Waals surface area contributed by atoms with Gasteiger partial charge in [0.25, 0.3) is 0 Å². The number of hydrogen-bond acceptors (Lipinski definition) is 2. The Morgan fingerprint density at radius 2 is 2.21 bits per heavy atom. The molecule has 0 unspecified atom stereocenters. The summed E-state index contributed by atoms with van der Waals surface area (Å²) < 4.78 is 18.1. The Morgan fingerprint density at radius 1 is 1.50 bits per heavy atom. The molecule has 0 spiro atoms. The van der Waals surface area contributed by atoms with E-state index in [1.807, 2.05) is 6.92 Å². The van der Waals surface area contributed by atoms with E-state index < -0.39 is 0 Å². The lowest BCUT2D eigenvalue weighted by atomic mass is 10.0. The van der Waals surface area contributed by atoms with Gasteiger partial charge in [0.15, 0.2) is 0 Å². The minimum atomic E-state index is -0.271. The quantitative estimate of drug-likeness (QED) is 0.805. The normalized spacial score (nSPS) is 12.6. The van der Waals surface area contributed by atoms with E-state index in [0.29, 0.717) is 5.75 Å². The number of ether oxygens (including phenoxy) is 1. The summed E-state index contributed by atoms with van der Waals surface area (Å²) in [5.74, 6) is 0.389. The molecule has 1 atom stereocenters. The first-order valence-corrected chi connectivity index (χ1v) is 4.78. The Labute approximate surface area is 83.9 Å². The summed E-state index contributed by atoms with van der Waals surface area (Å²) in [6, 6.07) is 4.28. The molecule has 2 nitrogen and oxygen atoms in total. The highest BCUT2D eigenvalue weighted by Gasteiger charge is 2.11. The van der Waals surface area contributed by atoms with Crippen LogP contribution in [0.15, 0.2) is 18.2 Å². The van der Waals surface area contributed by atoms with Crippen molar-refractivity contribution < 1.29 is 9.13 Å². The van der Waals surface area contributed by atoms with E-state index in [4.69, 9.17) is 10.5 Å². The van der Waals surface area contributed by atoms with Crippen LogP contribution in [0.2, 0.25) is 0 Å². The molecule has 78 valence electrons. The molecular weight excluding hydrogens is 181 g/mol. The molecule has 0 radical (unpaired) electrons. The molecule has 0 saturated carbocycles. The van der Waals surface area contributed by atoms with Gasteiger partial charge < -0.3 is 10.5 Å². The fraction of sp³-hybridized carbons (Fsp3) is 0.455. The summed E-state index contributed by atoms with van der Waals surface area (Å²) in [5, 5.41) is 0. The van der Waals surface area contributed by atoms with Gasteiger partial charge >= 0.3 is 0 Å². The minimum absolute atomic E-state index is 0.148. The average molecular weight is 197 g/mol. The van der Waals surface area contributed by atoms with Gasteiger partial charge in [-0.3, -0.25) is 0 Å². The van der Waals surface area contributed by atoms with Gasteiger partial charge in [0.05, 0.1) is 7.11 Å². The maximum atomic E-state index is 13.0. The summed E-state index contributed by atoms with van der Waals surface area (Å²) in [6.07, 6.45) is 1.81. The Bertz CT molecular complexity index is 301. The number of hydrogen-bond donors (Lipinski definition) is 1. The molecule has 0 saturated heterocycles. The molecule has 0 bridgehead atoms. The Hall–Kier alpha value is -1.09. The van der Waals surface area contributed by atoms with Crippen molar-refractivity contribution in [1.29, 1.82) is 0 Å². The van der Waals surface area contributed by atoms with Gasteiger partial charge in [0.2, 0.25) is 0 Å². The first-order valence-electron chi connectivity index (χ1n) is 4.78. The van der Waals surface area contributed by atoms with Gasteiger partial charge in [-0.25, -0.2) is 4.39 Å². The van der Waals surface area contributed by atoms with Crippen molar-refractivity contribution in [3.8, 4) is 5.75 Å². The maximum absolute atomic E-state index is 13.0. The largest absolute Gasteiger partial charge is 0.496 e. The molecule has 0 aliphatic rings. The smallest absolute Gasteiger partial charge is 0.123 e. The van der Waals surface area contributed by atoms with E-state index in [1.165, 1.54) is 12.1 Å². The lowest BCUT2D eigenvalue weighted by Crippen LogP contribution is -2.11. The molecular formula is C11H16FNO. The Morgan fingerprint density at radius 3 is 2.79 bits per heavy atom. The molecule has 2 N–H and O–H groups in total. The third-order valence-electron chi connectivity index (χ3n) is 2.19. The predicted molar refractivity (Wildman–Crippen MR) is 54.8 cm³/mol. The highest BCUT2D eigenvalue weighted by molar-refractivity contribution is 5.36. The lowest BCUT2D eigenvalue weighted by Gasteiger charge is -2.14. The van der Waals surface area contributed by atoms with Crippen molar-refractivity contribution in [1.82, 2.24) is 0 Å². The predicted octanol–water partition coefficient (Wildman–Crippen LogP) is 2.63. The van der Waals surface area contributed by atoms with Crippen LogP contribution in [0.3, 0.4) is 0 Å². The number of methoxy groups -OCH3 is 1. The molecule has 0 aliphatic carbocycles. The van der Waals surface area contributed by atoms with E-state index in [1.54, 1.807) is 13.2 Å². The summed E-state index contributed by atoms with van der Waals surface area (Å²) in [5.41, 5.74) is 6.65. The van der Waals surface area contributed by atoms with Crippen LogP contribution < -0.4 is 10.5 Å². The van der Waals surface area contributed by atoms with Crippen LogP contribution in [-0.2, 0) is 0 Å².